The molecular formula is C30H57O8P. The number of phosphoric ester groups is 1. The molecule has 230 valence electrons. The molecule has 0 aromatic heterocycles. The molecule has 0 rings (SSSR count). The maximum atomic E-state index is 12.2. The Morgan fingerprint density at radius 3 is 1.67 bits per heavy atom. The average molecular weight is 577 g/mol. The Hall–Kier alpha value is -1.21. The van der Waals surface area contributed by atoms with E-state index in [0.29, 0.717) is 6.42 Å². The fraction of sp³-hybridized carbons (Fsp3) is 0.867. The smallest absolute Gasteiger partial charge is 0.462 e. The fourth-order valence-electron chi connectivity index (χ4n) is 4.26. The van der Waals surface area contributed by atoms with Crippen molar-refractivity contribution >= 4 is 19.8 Å². The third-order valence-electron chi connectivity index (χ3n) is 6.55. The van der Waals surface area contributed by atoms with E-state index in [0.717, 1.165) is 57.8 Å². The highest BCUT2D eigenvalue weighted by Crippen LogP contribution is 2.35. The molecule has 39 heavy (non-hydrogen) atoms. The second-order valence-electron chi connectivity index (χ2n) is 10.4. The highest BCUT2D eigenvalue weighted by Gasteiger charge is 2.22. The van der Waals surface area contributed by atoms with Gasteiger partial charge in [0.25, 0.3) is 0 Å². The summed E-state index contributed by atoms with van der Waals surface area (Å²) in [4.78, 5) is 42.3. The van der Waals surface area contributed by atoms with Gasteiger partial charge < -0.3 is 19.3 Å². The molecule has 8 nitrogen and oxygen atoms in total. The maximum Gasteiger partial charge on any atom is 0.469 e. The summed E-state index contributed by atoms with van der Waals surface area (Å²) in [5, 5.41) is 0. The van der Waals surface area contributed by atoms with Crippen LogP contribution in [-0.4, -0.2) is 41.0 Å². The van der Waals surface area contributed by atoms with Gasteiger partial charge in [0.15, 0.2) is 6.10 Å². The Kier molecular flexibility index (Phi) is 26.1. The summed E-state index contributed by atoms with van der Waals surface area (Å²) in [7, 11) is -4.73. The Bertz CT molecular complexity index is 661. The van der Waals surface area contributed by atoms with E-state index < -0.39 is 32.5 Å². The number of rotatable bonds is 28. The Labute approximate surface area is 237 Å². The second-order valence-corrected chi connectivity index (χ2v) is 11.6. The van der Waals surface area contributed by atoms with E-state index in [1.807, 2.05) is 0 Å². The molecule has 0 aliphatic heterocycles. The summed E-state index contributed by atoms with van der Waals surface area (Å²) in [6.07, 6.45) is 25.2. The number of phosphoric acid groups is 1. The molecule has 0 aromatic carbocycles. The molecule has 0 unspecified atom stereocenters. The standard InChI is InChI=1S/C30H57O8P/c1-3-5-7-9-11-13-14-15-17-18-20-22-24-29(31)36-26-28(27-37-39(33,34)35)38-30(32)25-23-21-19-16-12-10-8-6-4-2/h6,8,28H,3-5,7,9-27H2,1-2H3,(H2,33,34,35)/b8-6-/t28-/m1/s1. The van der Waals surface area contributed by atoms with Crippen molar-refractivity contribution in [2.24, 2.45) is 0 Å². The van der Waals surface area contributed by atoms with Crippen LogP contribution in [0.5, 0.6) is 0 Å². The van der Waals surface area contributed by atoms with Crippen molar-refractivity contribution in [1.82, 2.24) is 0 Å². The van der Waals surface area contributed by atoms with Crippen LogP contribution in [0.25, 0.3) is 0 Å². The second kappa shape index (κ2) is 27.0. The monoisotopic (exact) mass is 576 g/mol. The first kappa shape index (κ1) is 37.8. The van der Waals surface area contributed by atoms with Gasteiger partial charge in [0.05, 0.1) is 6.61 Å². The molecule has 0 aliphatic carbocycles. The van der Waals surface area contributed by atoms with Crippen molar-refractivity contribution < 1.29 is 37.9 Å². The van der Waals surface area contributed by atoms with E-state index in [9.17, 15) is 14.2 Å². The van der Waals surface area contributed by atoms with Crippen LogP contribution in [0.4, 0.5) is 0 Å². The maximum absolute atomic E-state index is 12.2. The number of allylic oxidation sites excluding steroid dienone is 2. The van der Waals surface area contributed by atoms with Crippen LogP contribution < -0.4 is 0 Å². The van der Waals surface area contributed by atoms with Gasteiger partial charge >= 0.3 is 19.8 Å². The molecule has 0 aromatic rings. The van der Waals surface area contributed by atoms with Gasteiger partial charge in [-0.05, 0) is 32.1 Å². The molecule has 0 amide bonds. The van der Waals surface area contributed by atoms with Crippen molar-refractivity contribution in [3.05, 3.63) is 12.2 Å². The molecule has 0 saturated carbocycles. The van der Waals surface area contributed by atoms with E-state index in [1.54, 1.807) is 0 Å². The summed E-state index contributed by atoms with van der Waals surface area (Å²) in [5.74, 6) is -0.898. The van der Waals surface area contributed by atoms with Crippen molar-refractivity contribution in [2.45, 2.75) is 155 Å². The Morgan fingerprint density at radius 1 is 0.667 bits per heavy atom. The third-order valence-corrected chi connectivity index (χ3v) is 7.03. The van der Waals surface area contributed by atoms with Gasteiger partial charge in [0.2, 0.25) is 0 Å². The number of ether oxygens (including phenoxy) is 2. The minimum absolute atomic E-state index is 0.203. The Balaban J connectivity index is 4.03. The zero-order chi connectivity index (χ0) is 29.0. The van der Waals surface area contributed by atoms with E-state index in [-0.39, 0.29) is 19.4 Å². The van der Waals surface area contributed by atoms with Gasteiger partial charge in [0, 0.05) is 12.8 Å². The molecule has 0 fully saturated rings. The lowest BCUT2D eigenvalue weighted by Crippen LogP contribution is -2.29. The summed E-state index contributed by atoms with van der Waals surface area (Å²) >= 11 is 0. The van der Waals surface area contributed by atoms with Gasteiger partial charge in [-0.25, -0.2) is 4.57 Å². The van der Waals surface area contributed by atoms with Gasteiger partial charge in [0.1, 0.15) is 6.61 Å². The lowest BCUT2D eigenvalue weighted by molar-refractivity contribution is -0.161. The minimum Gasteiger partial charge on any atom is -0.462 e. The lowest BCUT2D eigenvalue weighted by atomic mass is 10.0. The number of hydrogen-bond donors (Lipinski definition) is 2. The van der Waals surface area contributed by atoms with Crippen molar-refractivity contribution in [1.29, 1.82) is 0 Å². The molecule has 0 radical (unpaired) electrons. The molecule has 0 heterocycles. The van der Waals surface area contributed by atoms with E-state index >= 15 is 0 Å². The van der Waals surface area contributed by atoms with E-state index in [2.05, 4.69) is 30.5 Å². The van der Waals surface area contributed by atoms with Crippen LogP contribution in [-0.2, 0) is 28.2 Å². The molecule has 0 saturated heterocycles. The highest BCUT2D eigenvalue weighted by molar-refractivity contribution is 7.46. The van der Waals surface area contributed by atoms with E-state index in [4.69, 9.17) is 19.3 Å². The Morgan fingerprint density at radius 2 is 1.15 bits per heavy atom. The minimum atomic E-state index is -4.73. The van der Waals surface area contributed by atoms with Gasteiger partial charge in [-0.1, -0.05) is 116 Å². The predicted molar refractivity (Wildman–Crippen MR) is 156 cm³/mol. The number of esters is 2. The van der Waals surface area contributed by atoms with Crippen molar-refractivity contribution in [2.75, 3.05) is 13.2 Å². The molecule has 0 bridgehead atoms. The molecule has 9 heteroatoms. The van der Waals surface area contributed by atoms with Gasteiger partial charge in [-0.2, -0.15) is 0 Å². The van der Waals surface area contributed by atoms with Crippen LogP contribution in [0.2, 0.25) is 0 Å². The fourth-order valence-corrected chi connectivity index (χ4v) is 4.62. The number of unbranched alkanes of at least 4 members (excludes halogenated alkanes) is 16. The third kappa shape index (κ3) is 29.6. The van der Waals surface area contributed by atoms with Crippen LogP contribution >= 0.6 is 7.82 Å². The predicted octanol–water partition coefficient (Wildman–Crippen LogP) is 8.34. The summed E-state index contributed by atoms with van der Waals surface area (Å²) < 4.78 is 26.1. The highest BCUT2D eigenvalue weighted by atomic mass is 31.2. The van der Waals surface area contributed by atoms with Crippen molar-refractivity contribution in [3.63, 3.8) is 0 Å². The number of hydrogen-bond acceptors (Lipinski definition) is 6. The largest absolute Gasteiger partial charge is 0.469 e. The average Bonchev–Trinajstić information content (AvgIpc) is 2.89. The lowest BCUT2D eigenvalue weighted by Gasteiger charge is -2.18. The SMILES string of the molecule is CC/C=C\CCCCCCCC(=O)O[C@H](COC(=O)CCCCCCCCCCCCCC)COP(=O)(O)O. The topological polar surface area (TPSA) is 119 Å². The quantitative estimate of drug-likeness (QED) is 0.0413. The molecule has 0 spiro atoms. The summed E-state index contributed by atoms with van der Waals surface area (Å²) in [5.41, 5.74) is 0. The van der Waals surface area contributed by atoms with Gasteiger partial charge in [-0.15, -0.1) is 0 Å². The number of carbonyl (C=O) groups is 2. The van der Waals surface area contributed by atoms with Crippen molar-refractivity contribution in [3.8, 4) is 0 Å². The molecule has 0 aliphatic rings. The normalized spacial score (nSPS) is 12.6. The summed E-state index contributed by atoms with van der Waals surface area (Å²) in [6.45, 7) is 3.53. The molecule has 1 atom stereocenters. The zero-order valence-corrected chi connectivity index (χ0v) is 25.7. The van der Waals surface area contributed by atoms with Crippen LogP contribution in [0.3, 0.4) is 0 Å². The van der Waals surface area contributed by atoms with Crippen LogP contribution in [0.15, 0.2) is 12.2 Å². The molecule has 2 N–H and O–H groups in total. The van der Waals surface area contributed by atoms with Crippen LogP contribution in [0, 0.1) is 0 Å². The summed E-state index contributed by atoms with van der Waals surface area (Å²) in [6, 6.07) is 0. The van der Waals surface area contributed by atoms with E-state index in [1.165, 1.54) is 57.8 Å². The molecular weight excluding hydrogens is 519 g/mol. The first-order valence-electron chi connectivity index (χ1n) is 15.5. The van der Waals surface area contributed by atoms with Crippen LogP contribution in [0.1, 0.15) is 149 Å². The van der Waals surface area contributed by atoms with Gasteiger partial charge in [-0.3, -0.25) is 14.1 Å². The first-order chi connectivity index (χ1) is 18.8. The zero-order valence-electron chi connectivity index (χ0n) is 24.8. The number of carbonyl (C=O) groups excluding carboxylic acids is 2. The first-order valence-corrected chi connectivity index (χ1v) is 17.0.